The first-order valence-electron chi connectivity index (χ1n) is 4.75. The molecule has 0 aromatic rings. The Balaban J connectivity index is 2.39. The Morgan fingerprint density at radius 1 is 1.31 bits per heavy atom. The van der Waals surface area contributed by atoms with Crippen LogP contribution in [0, 0.1) is 0 Å². The number of nitrogens with zero attached hydrogens (tertiary/aromatic N) is 1. The van der Waals surface area contributed by atoms with Crippen molar-refractivity contribution >= 4 is 5.78 Å². The van der Waals surface area contributed by atoms with Gasteiger partial charge in [0.15, 0.2) is 0 Å². The molecule has 0 bridgehead atoms. The minimum absolute atomic E-state index is 0.0880. The van der Waals surface area contributed by atoms with Crippen LogP contribution in [0.25, 0.3) is 0 Å². The van der Waals surface area contributed by atoms with E-state index >= 15 is 0 Å². The quantitative estimate of drug-likeness (QED) is 0.603. The molecular weight excluding hydrogens is 170 g/mol. The lowest BCUT2D eigenvalue weighted by molar-refractivity contribution is -0.117. The predicted molar refractivity (Wildman–Crippen MR) is 48.4 cm³/mol. The van der Waals surface area contributed by atoms with Gasteiger partial charge in [-0.2, -0.15) is 0 Å². The van der Waals surface area contributed by atoms with Gasteiger partial charge in [0.25, 0.3) is 0 Å². The van der Waals surface area contributed by atoms with Gasteiger partial charge in [0.2, 0.25) is 0 Å². The van der Waals surface area contributed by atoms with Crippen molar-refractivity contribution < 1.29 is 15.0 Å². The molecule has 0 radical (unpaired) electrons. The molecule has 1 fully saturated rings. The summed E-state index contributed by atoms with van der Waals surface area (Å²) in [6.45, 7) is 1.28. The minimum Gasteiger partial charge on any atom is -0.395 e. The van der Waals surface area contributed by atoms with E-state index in [-0.39, 0.29) is 19.3 Å². The number of Topliss-reactive ketones (excluding diaryl/α,β-unsaturated/α-hetero) is 1. The van der Waals surface area contributed by atoms with Crippen LogP contribution in [0.5, 0.6) is 0 Å². The second kappa shape index (κ2) is 5.32. The molecule has 0 heterocycles. The zero-order valence-electron chi connectivity index (χ0n) is 7.78. The molecule has 1 atom stereocenters. The monoisotopic (exact) mass is 187 g/mol. The molecule has 0 aromatic heterocycles. The highest BCUT2D eigenvalue weighted by molar-refractivity contribution is 5.81. The second-order valence-corrected chi connectivity index (χ2v) is 3.42. The molecule has 0 aromatic carbocycles. The zero-order chi connectivity index (χ0) is 9.68. The van der Waals surface area contributed by atoms with Crippen LogP contribution in [0.3, 0.4) is 0 Å². The van der Waals surface area contributed by atoms with Gasteiger partial charge in [0.05, 0.1) is 13.2 Å². The van der Waals surface area contributed by atoms with Gasteiger partial charge in [0.1, 0.15) is 5.78 Å². The molecule has 4 heteroatoms. The Kier molecular flexibility index (Phi) is 4.35. The van der Waals surface area contributed by atoms with Crippen LogP contribution in [0.15, 0.2) is 0 Å². The maximum atomic E-state index is 11.0. The number of carbonyl (C=O) groups is 1. The van der Waals surface area contributed by atoms with Crippen LogP contribution in [0.1, 0.15) is 19.3 Å². The second-order valence-electron chi connectivity index (χ2n) is 3.42. The Labute approximate surface area is 78.2 Å². The van der Waals surface area contributed by atoms with Gasteiger partial charge < -0.3 is 10.2 Å². The summed E-state index contributed by atoms with van der Waals surface area (Å²) in [5.41, 5.74) is 0. The highest BCUT2D eigenvalue weighted by atomic mass is 16.3. The molecule has 0 spiro atoms. The number of aliphatic hydroxyl groups excluding tert-OH is 2. The van der Waals surface area contributed by atoms with E-state index in [0.717, 1.165) is 6.42 Å². The van der Waals surface area contributed by atoms with E-state index in [1.165, 1.54) is 0 Å². The molecule has 2 N–H and O–H groups in total. The van der Waals surface area contributed by atoms with Crippen LogP contribution in [0.2, 0.25) is 0 Å². The molecule has 1 unspecified atom stereocenters. The smallest absolute Gasteiger partial charge is 0.134 e. The fraction of sp³-hybridized carbons (Fsp3) is 0.889. The fourth-order valence-corrected chi connectivity index (χ4v) is 1.84. The predicted octanol–water partition coefficient (Wildman–Crippen LogP) is -0.605. The SMILES string of the molecule is O=C1CCC(N(CCO)CCO)C1. The molecule has 0 amide bonds. The largest absolute Gasteiger partial charge is 0.395 e. The average Bonchev–Trinajstić information content (AvgIpc) is 2.51. The molecule has 1 saturated carbocycles. The third kappa shape index (κ3) is 3.06. The Morgan fingerprint density at radius 2 is 1.92 bits per heavy atom. The van der Waals surface area contributed by atoms with Crippen LogP contribution in [-0.2, 0) is 4.79 Å². The van der Waals surface area contributed by atoms with E-state index in [2.05, 4.69) is 0 Å². The van der Waals surface area contributed by atoms with E-state index in [9.17, 15) is 4.79 Å². The number of ketones is 1. The first kappa shape index (κ1) is 10.6. The van der Waals surface area contributed by atoms with E-state index in [1.54, 1.807) is 0 Å². The van der Waals surface area contributed by atoms with Crippen LogP contribution in [0.4, 0.5) is 0 Å². The summed E-state index contributed by atoms with van der Waals surface area (Å²) in [6.07, 6.45) is 2.11. The van der Waals surface area contributed by atoms with E-state index < -0.39 is 0 Å². The lowest BCUT2D eigenvalue weighted by Crippen LogP contribution is -2.38. The summed E-state index contributed by atoms with van der Waals surface area (Å²) in [5.74, 6) is 0.297. The van der Waals surface area contributed by atoms with Gasteiger partial charge in [-0.3, -0.25) is 9.69 Å². The first-order chi connectivity index (χ1) is 6.27. The Hall–Kier alpha value is -0.450. The molecule has 1 rings (SSSR count). The number of carbonyl (C=O) groups excluding carboxylic acids is 1. The van der Waals surface area contributed by atoms with Gasteiger partial charge in [-0.1, -0.05) is 0 Å². The molecule has 0 saturated heterocycles. The number of hydrogen-bond acceptors (Lipinski definition) is 4. The summed E-state index contributed by atoms with van der Waals surface area (Å²) < 4.78 is 0. The van der Waals surface area contributed by atoms with Gasteiger partial charge in [-0.15, -0.1) is 0 Å². The topological polar surface area (TPSA) is 60.8 Å². The van der Waals surface area contributed by atoms with Crippen molar-refractivity contribution in [1.29, 1.82) is 0 Å². The lowest BCUT2D eigenvalue weighted by atomic mass is 10.2. The normalized spacial score (nSPS) is 23.0. The summed E-state index contributed by atoms with van der Waals surface area (Å²) >= 11 is 0. The van der Waals surface area contributed by atoms with Gasteiger partial charge in [-0.25, -0.2) is 0 Å². The lowest BCUT2D eigenvalue weighted by Gasteiger charge is -2.26. The van der Waals surface area contributed by atoms with Crippen molar-refractivity contribution in [1.82, 2.24) is 4.90 Å². The van der Waals surface area contributed by atoms with Crippen molar-refractivity contribution in [2.24, 2.45) is 0 Å². The fourth-order valence-electron chi connectivity index (χ4n) is 1.84. The van der Waals surface area contributed by atoms with E-state index in [4.69, 9.17) is 10.2 Å². The van der Waals surface area contributed by atoms with Crippen molar-refractivity contribution in [2.75, 3.05) is 26.3 Å². The van der Waals surface area contributed by atoms with Gasteiger partial charge in [-0.05, 0) is 6.42 Å². The summed E-state index contributed by atoms with van der Waals surface area (Å²) in [5, 5.41) is 17.6. The Morgan fingerprint density at radius 3 is 2.31 bits per heavy atom. The molecule has 1 aliphatic carbocycles. The van der Waals surface area contributed by atoms with Crippen molar-refractivity contribution in [3.05, 3.63) is 0 Å². The van der Waals surface area contributed by atoms with E-state index in [0.29, 0.717) is 31.7 Å². The zero-order valence-corrected chi connectivity index (χ0v) is 7.78. The molecule has 0 aliphatic heterocycles. The van der Waals surface area contributed by atoms with Crippen molar-refractivity contribution in [2.45, 2.75) is 25.3 Å². The maximum Gasteiger partial charge on any atom is 0.134 e. The number of hydrogen-bond donors (Lipinski definition) is 2. The maximum absolute atomic E-state index is 11.0. The standard InChI is InChI=1S/C9H17NO3/c11-5-3-10(4-6-12)8-1-2-9(13)7-8/h8,11-12H,1-7H2. The molecule has 13 heavy (non-hydrogen) atoms. The van der Waals surface area contributed by atoms with Gasteiger partial charge >= 0.3 is 0 Å². The third-order valence-electron chi connectivity index (χ3n) is 2.51. The Bertz CT molecular complexity index is 166. The summed E-state index contributed by atoms with van der Waals surface area (Å²) in [4.78, 5) is 13.0. The van der Waals surface area contributed by atoms with Crippen LogP contribution in [-0.4, -0.2) is 53.2 Å². The highest BCUT2D eigenvalue weighted by Gasteiger charge is 2.26. The van der Waals surface area contributed by atoms with Crippen LogP contribution < -0.4 is 0 Å². The summed E-state index contributed by atoms with van der Waals surface area (Å²) in [7, 11) is 0. The van der Waals surface area contributed by atoms with Crippen LogP contribution >= 0.6 is 0 Å². The first-order valence-corrected chi connectivity index (χ1v) is 4.75. The average molecular weight is 187 g/mol. The molecular formula is C9H17NO3. The van der Waals surface area contributed by atoms with Crippen molar-refractivity contribution in [3.63, 3.8) is 0 Å². The van der Waals surface area contributed by atoms with Gasteiger partial charge in [0, 0.05) is 32.0 Å². The molecule has 76 valence electrons. The van der Waals surface area contributed by atoms with E-state index in [1.807, 2.05) is 4.90 Å². The minimum atomic E-state index is 0.0880. The summed E-state index contributed by atoms with van der Waals surface area (Å²) in [6, 6.07) is 0.242. The molecule has 1 aliphatic rings. The van der Waals surface area contributed by atoms with Crippen molar-refractivity contribution in [3.8, 4) is 0 Å². The number of rotatable bonds is 5. The molecule has 4 nitrogen and oxygen atoms in total. The number of aliphatic hydroxyl groups is 2. The third-order valence-corrected chi connectivity index (χ3v) is 2.51. The highest BCUT2D eigenvalue weighted by Crippen LogP contribution is 2.20.